The van der Waals surface area contributed by atoms with E-state index in [0.717, 1.165) is 17.7 Å². The number of benzene rings is 3. The van der Waals surface area contributed by atoms with Gasteiger partial charge in [0.15, 0.2) is 23.0 Å². The molecule has 0 unspecified atom stereocenters. The summed E-state index contributed by atoms with van der Waals surface area (Å²) in [6.45, 7) is 0. The van der Waals surface area contributed by atoms with Crippen molar-refractivity contribution in [2.75, 3.05) is 0 Å². The van der Waals surface area contributed by atoms with Crippen molar-refractivity contribution in [2.45, 2.75) is 12.3 Å². The number of carbonyl (C=O) groups is 2. The molecule has 0 saturated heterocycles. The van der Waals surface area contributed by atoms with Crippen LogP contribution in [-0.4, -0.2) is 32.2 Å². The Balaban J connectivity index is 1.78. The highest BCUT2D eigenvalue weighted by Gasteiger charge is 2.35. The van der Waals surface area contributed by atoms with Crippen molar-refractivity contribution < 1.29 is 34.8 Å². The molecule has 0 fully saturated rings. The van der Waals surface area contributed by atoms with Crippen molar-refractivity contribution >= 4 is 17.8 Å². The standard InChI is InChI=1S/C24H18O7/c25-16-8-6-13(10-18(16)27)7-9-17(26)23-20(29)12-19(28)22-15(11-21(30)31-24(22)23)14-4-2-1-3-5-14/h1-10,12,15,25,27-29H,11H2/b9-7+/t15-/m1/s1. The molecule has 0 amide bonds. The van der Waals surface area contributed by atoms with Crippen LogP contribution >= 0.6 is 0 Å². The number of hydrogen-bond donors (Lipinski definition) is 4. The summed E-state index contributed by atoms with van der Waals surface area (Å²) >= 11 is 0. The number of ketones is 1. The average Bonchev–Trinajstić information content (AvgIpc) is 2.74. The molecule has 0 saturated carbocycles. The monoisotopic (exact) mass is 418 g/mol. The topological polar surface area (TPSA) is 124 Å². The molecule has 0 aromatic heterocycles. The third-order valence-electron chi connectivity index (χ3n) is 5.09. The Morgan fingerprint density at radius 2 is 1.65 bits per heavy atom. The van der Waals surface area contributed by atoms with E-state index in [1.54, 1.807) is 24.3 Å². The second kappa shape index (κ2) is 7.87. The average molecular weight is 418 g/mol. The second-order valence-corrected chi connectivity index (χ2v) is 7.12. The van der Waals surface area contributed by atoms with Crippen LogP contribution in [0.15, 0.2) is 60.7 Å². The van der Waals surface area contributed by atoms with Crippen molar-refractivity contribution in [1.82, 2.24) is 0 Å². The second-order valence-electron chi connectivity index (χ2n) is 7.12. The molecular weight excluding hydrogens is 400 g/mol. The maximum absolute atomic E-state index is 12.9. The van der Waals surface area contributed by atoms with Gasteiger partial charge in [-0.1, -0.05) is 42.5 Å². The molecule has 3 aromatic rings. The van der Waals surface area contributed by atoms with Crippen LogP contribution in [0.25, 0.3) is 6.08 Å². The number of carbonyl (C=O) groups excluding carboxylic acids is 2. The molecule has 31 heavy (non-hydrogen) atoms. The Morgan fingerprint density at radius 3 is 2.35 bits per heavy atom. The van der Waals surface area contributed by atoms with E-state index in [9.17, 15) is 30.0 Å². The van der Waals surface area contributed by atoms with E-state index in [1.807, 2.05) is 6.07 Å². The zero-order chi connectivity index (χ0) is 22.1. The third-order valence-corrected chi connectivity index (χ3v) is 5.09. The lowest BCUT2D eigenvalue weighted by Gasteiger charge is -2.27. The number of esters is 1. The van der Waals surface area contributed by atoms with E-state index in [0.29, 0.717) is 5.56 Å². The summed E-state index contributed by atoms with van der Waals surface area (Å²) in [5.74, 6) is -3.42. The van der Waals surface area contributed by atoms with Crippen LogP contribution in [0.3, 0.4) is 0 Å². The minimum absolute atomic E-state index is 0.0222. The number of ether oxygens (including phenoxy) is 1. The van der Waals surface area contributed by atoms with Crippen LogP contribution < -0.4 is 4.74 Å². The molecule has 1 aliphatic heterocycles. The van der Waals surface area contributed by atoms with E-state index in [4.69, 9.17) is 4.74 Å². The number of rotatable bonds is 4. The molecule has 1 atom stereocenters. The largest absolute Gasteiger partial charge is 0.507 e. The first-order chi connectivity index (χ1) is 14.8. The fourth-order valence-corrected chi connectivity index (χ4v) is 3.62. The van der Waals surface area contributed by atoms with E-state index in [1.165, 1.54) is 24.3 Å². The predicted octanol–water partition coefficient (Wildman–Crippen LogP) is 3.85. The molecule has 0 spiro atoms. The molecule has 156 valence electrons. The SMILES string of the molecule is O=C1C[C@H](c2ccccc2)c2c(O)cc(O)c(C(=O)/C=C/c3ccc(O)c(O)c3)c2O1. The van der Waals surface area contributed by atoms with Crippen molar-refractivity contribution in [2.24, 2.45) is 0 Å². The van der Waals surface area contributed by atoms with Crippen LogP contribution in [0, 0.1) is 0 Å². The van der Waals surface area contributed by atoms with E-state index in [-0.39, 0.29) is 40.5 Å². The number of phenols is 4. The molecule has 7 heteroatoms. The highest BCUT2D eigenvalue weighted by molar-refractivity contribution is 6.11. The smallest absolute Gasteiger partial charge is 0.312 e. The lowest BCUT2D eigenvalue weighted by Crippen LogP contribution is -2.23. The molecule has 1 heterocycles. The van der Waals surface area contributed by atoms with Gasteiger partial charge in [-0.3, -0.25) is 9.59 Å². The van der Waals surface area contributed by atoms with E-state index >= 15 is 0 Å². The summed E-state index contributed by atoms with van der Waals surface area (Å²) in [7, 11) is 0. The van der Waals surface area contributed by atoms with Gasteiger partial charge in [-0.2, -0.15) is 0 Å². The quantitative estimate of drug-likeness (QED) is 0.167. The molecule has 0 bridgehead atoms. The Labute approximate surface area is 177 Å². The number of phenolic OH excluding ortho intramolecular Hbond substituents is 4. The summed E-state index contributed by atoms with van der Waals surface area (Å²) in [4.78, 5) is 25.2. The Bertz CT molecular complexity index is 1210. The first-order valence-electron chi connectivity index (χ1n) is 9.44. The number of fused-ring (bicyclic) bond motifs is 1. The Hall–Kier alpha value is -4.26. The zero-order valence-electron chi connectivity index (χ0n) is 16.1. The Kier molecular flexibility index (Phi) is 5.09. The van der Waals surface area contributed by atoms with Crippen LogP contribution in [0.4, 0.5) is 0 Å². The first kappa shape index (κ1) is 20.0. The van der Waals surface area contributed by atoms with Gasteiger partial charge in [0.1, 0.15) is 17.1 Å². The summed E-state index contributed by atoms with van der Waals surface area (Å²) < 4.78 is 5.30. The number of hydrogen-bond acceptors (Lipinski definition) is 7. The lowest BCUT2D eigenvalue weighted by atomic mass is 9.84. The molecule has 4 N–H and O–H groups in total. The minimum Gasteiger partial charge on any atom is -0.507 e. The highest BCUT2D eigenvalue weighted by Crippen LogP contribution is 2.48. The van der Waals surface area contributed by atoms with Gasteiger partial charge in [-0.15, -0.1) is 0 Å². The van der Waals surface area contributed by atoms with Crippen LogP contribution in [0.2, 0.25) is 0 Å². The molecule has 1 aliphatic rings. The van der Waals surface area contributed by atoms with Crippen LogP contribution in [0.5, 0.6) is 28.7 Å². The fraction of sp³-hybridized carbons (Fsp3) is 0.0833. The van der Waals surface area contributed by atoms with Crippen molar-refractivity contribution in [3.63, 3.8) is 0 Å². The maximum Gasteiger partial charge on any atom is 0.312 e. The van der Waals surface area contributed by atoms with Crippen molar-refractivity contribution in [3.8, 4) is 28.7 Å². The van der Waals surface area contributed by atoms with Gasteiger partial charge in [0, 0.05) is 17.5 Å². The third kappa shape index (κ3) is 3.81. The molecule has 4 rings (SSSR count). The fourth-order valence-electron chi connectivity index (χ4n) is 3.62. The van der Waals surface area contributed by atoms with Gasteiger partial charge in [0.2, 0.25) is 0 Å². The van der Waals surface area contributed by atoms with Crippen LogP contribution in [0.1, 0.15) is 39.4 Å². The Morgan fingerprint density at radius 1 is 0.903 bits per heavy atom. The number of aromatic hydroxyl groups is 4. The van der Waals surface area contributed by atoms with Crippen molar-refractivity contribution in [1.29, 1.82) is 0 Å². The minimum atomic E-state index is -0.664. The van der Waals surface area contributed by atoms with Gasteiger partial charge in [-0.25, -0.2) is 0 Å². The maximum atomic E-state index is 12.9. The van der Waals surface area contributed by atoms with E-state index < -0.39 is 23.4 Å². The summed E-state index contributed by atoms with van der Waals surface area (Å²) in [5, 5.41) is 39.8. The highest BCUT2D eigenvalue weighted by atomic mass is 16.5. The molecule has 0 radical (unpaired) electrons. The molecule has 7 nitrogen and oxygen atoms in total. The van der Waals surface area contributed by atoms with Crippen molar-refractivity contribution in [3.05, 3.63) is 82.9 Å². The first-order valence-corrected chi connectivity index (χ1v) is 9.44. The summed E-state index contributed by atoms with van der Waals surface area (Å²) in [6, 6.07) is 14.1. The van der Waals surface area contributed by atoms with Crippen LogP contribution in [-0.2, 0) is 4.79 Å². The lowest BCUT2D eigenvalue weighted by molar-refractivity contribution is -0.135. The van der Waals surface area contributed by atoms with Gasteiger partial charge < -0.3 is 25.2 Å². The van der Waals surface area contributed by atoms with Gasteiger partial charge in [0.05, 0.1) is 6.42 Å². The van der Waals surface area contributed by atoms with Gasteiger partial charge >= 0.3 is 5.97 Å². The summed E-state index contributed by atoms with van der Waals surface area (Å²) in [6.07, 6.45) is 2.49. The number of allylic oxidation sites excluding steroid dienone is 1. The molecule has 3 aromatic carbocycles. The zero-order valence-corrected chi connectivity index (χ0v) is 16.1. The molecule has 0 aliphatic carbocycles. The van der Waals surface area contributed by atoms with Gasteiger partial charge in [-0.05, 0) is 29.3 Å². The molecular formula is C24H18O7. The predicted molar refractivity (Wildman–Crippen MR) is 111 cm³/mol. The normalized spacial score (nSPS) is 15.5. The van der Waals surface area contributed by atoms with Gasteiger partial charge in [0.25, 0.3) is 0 Å². The summed E-state index contributed by atoms with van der Waals surface area (Å²) in [5.41, 5.74) is 1.19. The van der Waals surface area contributed by atoms with E-state index in [2.05, 4.69) is 0 Å².